The number of pyridine rings is 1. The van der Waals surface area contributed by atoms with Crippen molar-refractivity contribution in [3.05, 3.63) is 59.7 Å². The molecule has 5 nitrogen and oxygen atoms in total. The SMILES string of the molecule is Cc1cc(F)ccc1S(=O)(=O)N1C[C@H]2CC[C@@H]1CN(Cc1ccncc1)C2. The predicted molar refractivity (Wildman–Crippen MR) is 101 cm³/mol. The highest BCUT2D eigenvalue weighted by molar-refractivity contribution is 7.89. The lowest BCUT2D eigenvalue weighted by Gasteiger charge is -2.35. The number of halogens is 1. The number of hydrogen-bond acceptors (Lipinski definition) is 4. The Morgan fingerprint density at radius 2 is 1.89 bits per heavy atom. The first kappa shape index (κ1) is 18.5. The normalized spacial score (nSPS) is 24.1. The molecule has 144 valence electrons. The summed E-state index contributed by atoms with van der Waals surface area (Å²) in [6, 6.07) is 7.88. The molecule has 2 aromatic rings. The highest BCUT2D eigenvalue weighted by Gasteiger charge is 2.41. The van der Waals surface area contributed by atoms with Crippen molar-refractivity contribution in [2.75, 3.05) is 19.6 Å². The summed E-state index contributed by atoms with van der Waals surface area (Å²) < 4.78 is 41.7. The van der Waals surface area contributed by atoms with E-state index in [1.165, 1.54) is 23.8 Å². The predicted octanol–water partition coefficient (Wildman–Crippen LogP) is 2.81. The van der Waals surface area contributed by atoms with Crippen molar-refractivity contribution in [1.29, 1.82) is 0 Å². The van der Waals surface area contributed by atoms with Crippen LogP contribution in [-0.2, 0) is 16.6 Å². The van der Waals surface area contributed by atoms with E-state index in [1.807, 2.05) is 12.1 Å². The van der Waals surface area contributed by atoms with Crippen molar-refractivity contribution in [1.82, 2.24) is 14.2 Å². The molecule has 5 rings (SSSR count). The van der Waals surface area contributed by atoms with Gasteiger partial charge in [0.25, 0.3) is 0 Å². The maximum Gasteiger partial charge on any atom is 0.243 e. The number of rotatable bonds is 4. The summed E-state index contributed by atoms with van der Waals surface area (Å²) in [4.78, 5) is 6.63. The number of sulfonamides is 1. The Bertz CT molecular complexity index is 920. The fraction of sp³-hybridized carbons (Fsp3) is 0.450. The molecule has 0 aliphatic carbocycles. The molecule has 0 saturated carbocycles. The number of nitrogens with zero attached hydrogens (tertiary/aromatic N) is 3. The molecule has 3 fully saturated rings. The Morgan fingerprint density at radius 3 is 2.63 bits per heavy atom. The van der Waals surface area contributed by atoms with Gasteiger partial charge in [-0.25, -0.2) is 12.8 Å². The summed E-state index contributed by atoms with van der Waals surface area (Å²) in [5, 5.41) is 0. The van der Waals surface area contributed by atoms with E-state index in [9.17, 15) is 12.8 Å². The summed E-state index contributed by atoms with van der Waals surface area (Å²) in [5.74, 6) is -0.0894. The lowest BCUT2D eigenvalue weighted by atomic mass is 9.97. The first-order chi connectivity index (χ1) is 12.9. The van der Waals surface area contributed by atoms with Crippen LogP contribution in [0.3, 0.4) is 0 Å². The average molecular weight is 389 g/mol. The molecule has 0 amide bonds. The largest absolute Gasteiger partial charge is 0.297 e. The maximum atomic E-state index is 13.4. The van der Waals surface area contributed by atoms with E-state index in [0.717, 1.165) is 32.5 Å². The Kier molecular flexibility index (Phi) is 5.01. The van der Waals surface area contributed by atoms with Crippen molar-refractivity contribution in [2.45, 2.75) is 37.2 Å². The summed E-state index contributed by atoms with van der Waals surface area (Å²) >= 11 is 0. The van der Waals surface area contributed by atoms with Crippen LogP contribution >= 0.6 is 0 Å². The molecule has 0 radical (unpaired) electrons. The molecular weight excluding hydrogens is 365 g/mol. The third kappa shape index (κ3) is 3.77. The Labute approximate surface area is 159 Å². The Morgan fingerprint density at radius 1 is 1.11 bits per heavy atom. The van der Waals surface area contributed by atoms with E-state index < -0.39 is 15.8 Å². The van der Waals surface area contributed by atoms with Gasteiger partial charge >= 0.3 is 0 Å². The van der Waals surface area contributed by atoms with E-state index in [4.69, 9.17) is 0 Å². The number of aryl methyl sites for hydroxylation is 1. The third-order valence-corrected chi connectivity index (χ3v) is 7.70. The van der Waals surface area contributed by atoms with Gasteiger partial charge in [0.15, 0.2) is 0 Å². The standard InChI is InChI=1S/C20H24FN3O2S/c1-15-10-18(21)3-5-20(15)27(25,26)24-13-17-2-4-19(24)14-23(12-17)11-16-6-8-22-9-7-16/h3,5-10,17,19H,2,4,11-14H2,1H3/t17-,19+/m0/s1. The first-order valence-corrected chi connectivity index (χ1v) is 10.8. The number of hydrogen-bond donors (Lipinski definition) is 0. The summed E-state index contributed by atoms with van der Waals surface area (Å²) in [5.41, 5.74) is 1.65. The molecule has 2 atom stereocenters. The maximum absolute atomic E-state index is 13.4. The van der Waals surface area contributed by atoms with Crippen LogP contribution in [0, 0.1) is 18.7 Å². The fourth-order valence-electron chi connectivity index (χ4n) is 4.33. The van der Waals surface area contributed by atoms with E-state index in [-0.39, 0.29) is 10.9 Å². The minimum Gasteiger partial charge on any atom is -0.297 e. The van der Waals surface area contributed by atoms with Crippen LogP contribution in [0.5, 0.6) is 0 Å². The number of benzene rings is 1. The van der Waals surface area contributed by atoms with E-state index in [1.54, 1.807) is 23.6 Å². The van der Waals surface area contributed by atoms with Gasteiger partial charge < -0.3 is 0 Å². The highest BCUT2D eigenvalue weighted by Crippen LogP contribution is 2.33. The number of piperidine rings is 1. The van der Waals surface area contributed by atoms with Gasteiger partial charge in [-0.15, -0.1) is 0 Å². The molecule has 3 aliphatic heterocycles. The van der Waals surface area contributed by atoms with Gasteiger partial charge in [-0.3, -0.25) is 9.88 Å². The minimum absolute atomic E-state index is 0.0416. The van der Waals surface area contributed by atoms with Crippen LogP contribution in [0.25, 0.3) is 0 Å². The molecule has 4 heterocycles. The fourth-order valence-corrected chi connectivity index (χ4v) is 6.26. The van der Waals surface area contributed by atoms with Crippen molar-refractivity contribution in [3.63, 3.8) is 0 Å². The van der Waals surface area contributed by atoms with E-state index in [2.05, 4.69) is 9.88 Å². The zero-order chi connectivity index (χ0) is 19.0. The quantitative estimate of drug-likeness (QED) is 0.807. The topological polar surface area (TPSA) is 53.5 Å². The Hall–Kier alpha value is -1.83. The van der Waals surface area contributed by atoms with Gasteiger partial charge in [-0.2, -0.15) is 4.31 Å². The van der Waals surface area contributed by atoms with Crippen molar-refractivity contribution in [2.24, 2.45) is 5.92 Å². The van der Waals surface area contributed by atoms with Crippen LogP contribution in [-0.4, -0.2) is 48.3 Å². The van der Waals surface area contributed by atoms with Gasteiger partial charge in [0.05, 0.1) is 4.90 Å². The molecule has 0 spiro atoms. The highest BCUT2D eigenvalue weighted by atomic mass is 32.2. The van der Waals surface area contributed by atoms with Gasteiger partial charge in [-0.05, 0) is 67.1 Å². The lowest BCUT2D eigenvalue weighted by molar-refractivity contribution is 0.225. The molecule has 1 aromatic carbocycles. The van der Waals surface area contributed by atoms with Crippen molar-refractivity contribution in [3.8, 4) is 0 Å². The average Bonchev–Trinajstić information content (AvgIpc) is 2.93. The molecule has 0 unspecified atom stereocenters. The summed E-state index contributed by atoms with van der Waals surface area (Å²) in [7, 11) is -3.63. The molecule has 3 saturated heterocycles. The van der Waals surface area contributed by atoms with Crippen LogP contribution in [0.2, 0.25) is 0 Å². The molecule has 0 N–H and O–H groups in total. The van der Waals surface area contributed by atoms with Gasteiger partial charge in [-0.1, -0.05) is 0 Å². The smallest absolute Gasteiger partial charge is 0.243 e. The second-order valence-electron chi connectivity index (χ2n) is 7.63. The van der Waals surface area contributed by atoms with E-state index >= 15 is 0 Å². The second-order valence-corrected chi connectivity index (χ2v) is 9.49. The summed E-state index contributed by atoms with van der Waals surface area (Å²) in [6.45, 7) is 4.61. The zero-order valence-electron chi connectivity index (χ0n) is 15.4. The second kappa shape index (κ2) is 7.30. The van der Waals surface area contributed by atoms with Crippen LogP contribution in [0.4, 0.5) is 4.39 Å². The van der Waals surface area contributed by atoms with Crippen molar-refractivity contribution < 1.29 is 12.8 Å². The van der Waals surface area contributed by atoms with Crippen LogP contribution < -0.4 is 0 Å². The Balaban J connectivity index is 1.58. The number of aromatic nitrogens is 1. The molecule has 3 aliphatic rings. The van der Waals surface area contributed by atoms with Gasteiger partial charge in [0, 0.05) is 44.6 Å². The van der Waals surface area contributed by atoms with Gasteiger partial charge in [0.1, 0.15) is 5.82 Å². The first-order valence-electron chi connectivity index (χ1n) is 9.33. The summed E-state index contributed by atoms with van der Waals surface area (Å²) in [6.07, 6.45) is 5.49. The molecule has 7 heteroatoms. The van der Waals surface area contributed by atoms with Gasteiger partial charge in [0.2, 0.25) is 10.0 Å². The van der Waals surface area contributed by atoms with Crippen LogP contribution in [0.15, 0.2) is 47.6 Å². The third-order valence-electron chi connectivity index (χ3n) is 5.62. The molecular formula is C20H24FN3O2S. The monoisotopic (exact) mass is 389 g/mol. The molecule has 2 bridgehead atoms. The van der Waals surface area contributed by atoms with E-state index in [0.29, 0.717) is 18.0 Å². The number of fused-ring (bicyclic) bond motifs is 4. The minimum atomic E-state index is -3.63. The molecule has 27 heavy (non-hydrogen) atoms. The van der Waals surface area contributed by atoms with Crippen molar-refractivity contribution >= 4 is 10.0 Å². The zero-order valence-corrected chi connectivity index (χ0v) is 16.2. The lowest BCUT2D eigenvalue weighted by Crippen LogP contribution is -2.47. The van der Waals surface area contributed by atoms with Crippen LogP contribution in [0.1, 0.15) is 24.0 Å². The molecule has 1 aromatic heterocycles.